The molecule has 0 saturated carbocycles. The first kappa shape index (κ1) is 17.6. The molecular formula is C17H21N3O4S. The summed E-state index contributed by atoms with van der Waals surface area (Å²) in [6, 6.07) is 4.68. The summed E-state index contributed by atoms with van der Waals surface area (Å²) in [5.74, 6) is -0.222. The maximum absolute atomic E-state index is 12.7. The zero-order valence-corrected chi connectivity index (χ0v) is 15.0. The molecule has 0 aromatic carbocycles. The number of sulfonamides is 1. The van der Waals surface area contributed by atoms with Crippen molar-refractivity contribution in [1.29, 1.82) is 0 Å². The summed E-state index contributed by atoms with van der Waals surface area (Å²) in [5, 5.41) is 2.81. The molecule has 0 radical (unpaired) electrons. The van der Waals surface area contributed by atoms with Gasteiger partial charge in [0.25, 0.3) is 5.91 Å². The van der Waals surface area contributed by atoms with Crippen molar-refractivity contribution in [2.75, 3.05) is 13.1 Å². The fourth-order valence-corrected chi connectivity index (χ4v) is 4.58. The molecule has 1 fully saturated rings. The molecule has 0 spiro atoms. The number of nitrogens with one attached hydrogen (secondary N) is 1. The molecule has 1 aliphatic heterocycles. The first-order chi connectivity index (χ1) is 11.9. The molecule has 3 rings (SSSR count). The molecule has 1 atom stereocenters. The Morgan fingerprint density at radius 3 is 2.56 bits per heavy atom. The van der Waals surface area contributed by atoms with E-state index >= 15 is 0 Å². The molecule has 1 saturated heterocycles. The van der Waals surface area contributed by atoms with Crippen LogP contribution in [0.25, 0.3) is 0 Å². The Morgan fingerprint density at radius 2 is 1.92 bits per heavy atom. The number of carbonyl (C=O) groups excluding carboxylic acids is 1. The SMILES string of the molecule is Cc1oc(C(=O)NC(C)c2ccncc2)cc1S(=O)(=O)N1CCCC1. The molecular weight excluding hydrogens is 342 g/mol. The van der Waals surface area contributed by atoms with E-state index in [1.165, 1.54) is 10.4 Å². The van der Waals surface area contributed by atoms with Crippen molar-refractivity contribution >= 4 is 15.9 Å². The summed E-state index contributed by atoms with van der Waals surface area (Å²) < 4.78 is 32.2. The first-order valence-electron chi connectivity index (χ1n) is 8.21. The Hall–Kier alpha value is -2.19. The maximum atomic E-state index is 12.7. The molecule has 2 aromatic rings. The Kier molecular flexibility index (Phi) is 4.91. The van der Waals surface area contributed by atoms with Crippen molar-refractivity contribution in [2.24, 2.45) is 0 Å². The van der Waals surface area contributed by atoms with Gasteiger partial charge in [-0.05, 0) is 44.4 Å². The minimum atomic E-state index is -3.61. The van der Waals surface area contributed by atoms with Crippen LogP contribution in [0.4, 0.5) is 0 Å². The van der Waals surface area contributed by atoms with Gasteiger partial charge in [-0.3, -0.25) is 9.78 Å². The van der Waals surface area contributed by atoms with Crippen LogP contribution in [0.3, 0.4) is 0 Å². The lowest BCUT2D eigenvalue weighted by Crippen LogP contribution is -2.28. The fraction of sp³-hybridized carbons (Fsp3) is 0.412. The normalized spacial score (nSPS) is 16.7. The monoisotopic (exact) mass is 363 g/mol. The van der Waals surface area contributed by atoms with E-state index in [9.17, 15) is 13.2 Å². The zero-order chi connectivity index (χ0) is 18.0. The summed E-state index contributed by atoms with van der Waals surface area (Å²) in [6.45, 7) is 4.41. The number of nitrogens with zero attached hydrogens (tertiary/aromatic N) is 2. The first-order valence-corrected chi connectivity index (χ1v) is 9.65. The number of aromatic nitrogens is 1. The minimum Gasteiger partial charge on any atom is -0.455 e. The molecule has 0 bridgehead atoms. The quantitative estimate of drug-likeness (QED) is 0.880. The Bertz CT molecular complexity index is 855. The van der Waals surface area contributed by atoms with E-state index in [1.807, 2.05) is 19.1 Å². The average molecular weight is 363 g/mol. The predicted molar refractivity (Wildman–Crippen MR) is 91.6 cm³/mol. The van der Waals surface area contributed by atoms with Crippen molar-refractivity contribution in [3.63, 3.8) is 0 Å². The third-order valence-electron chi connectivity index (χ3n) is 4.33. The predicted octanol–water partition coefficient (Wildman–Crippen LogP) is 2.26. The summed E-state index contributed by atoms with van der Waals surface area (Å²) in [4.78, 5) is 16.4. The Labute approximate surface area is 147 Å². The summed E-state index contributed by atoms with van der Waals surface area (Å²) in [7, 11) is -3.61. The van der Waals surface area contributed by atoms with E-state index in [4.69, 9.17) is 4.42 Å². The van der Waals surface area contributed by atoms with Crippen LogP contribution in [0.15, 0.2) is 39.9 Å². The summed E-state index contributed by atoms with van der Waals surface area (Å²) in [6.07, 6.45) is 5.01. The molecule has 2 aromatic heterocycles. The second-order valence-corrected chi connectivity index (χ2v) is 8.02. The highest BCUT2D eigenvalue weighted by atomic mass is 32.2. The molecule has 25 heavy (non-hydrogen) atoms. The molecule has 7 nitrogen and oxygen atoms in total. The van der Waals surface area contributed by atoms with Gasteiger partial charge in [-0.15, -0.1) is 0 Å². The Morgan fingerprint density at radius 1 is 1.28 bits per heavy atom. The highest BCUT2D eigenvalue weighted by Gasteiger charge is 2.31. The smallest absolute Gasteiger partial charge is 0.287 e. The van der Waals surface area contributed by atoms with Crippen molar-refractivity contribution in [2.45, 2.75) is 37.6 Å². The van der Waals surface area contributed by atoms with Gasteiger partial charge in [-0.1, -0.05) is 0 Å². The molecule has 1 unspecified atom stereocenters. The maximum Gasteiger partial charge on any atom is 0.287 e. The zero-order valence-electron chi connectivity index (χ0n) is 14.2. The lowest BCUT2D eigenvalue weighted by Gasteiger charge is -2.14. The number of furan rings is 1. The van der Waals surface area contributed by atoms with Crippen molar-refractivity contribution < 1.29 is 17.6 Å². The van der Waals surface area contributed by atoms with Crippen molar-refractivity contribution in [3.8, 4) is 0 Å². The van der Waals surface area contributed by atoms with E-state index in [2.05, 4.69) is 10.3 Å². The van der Waals surface area contributed by atoms with Crippen molar-refractivity contribution in [3.05, 3.63) is 47.7 Å². The van der Waals surface area contributed by atoms with Crippen LogP contribution in [0, 0.1) is 6.92 Å². The highest BCUT2D eigenvalue weighted by Crippen LogP contribution is 2.26. The lowest BCUT2D eigenvalue weighted by atomic mass is 10.1. The fourth-order valence-electron chi connectivity index (χ4n) is 2.90. The molecule has 1 N–H and O–H groups in total. The standard InChI is InChI=1S/C17H21N3O4S/c1-12(14-5-7-18-8-6-14)19-17(21)15-11-16(13(2)24-15)25(22,23)20-9-3-4-10-20/h5-8,11-12H,3-4,9-10H2,1-2H3,(H,19,21). The van der Waals surface area contributed by atoms with E-state index in [1.54, 1.807) is 19.3 Å². The van der Waals surface area contributed by atoms with E-state index in [0.717, 1.165) is 18.4 Å². The van der Waals surface area contributed by atoms with Crippen LogP contribution in [-0.4, -0.2) is 36.7 Å². The number of pyridine rings is 1. The molecule has 0 aliphatic carbocycles. The molecule has 1 aliphatic rings. The second kappa shape index (κ2) is 6.97. The van der Waals surface area contributed by atoms with Crippen LogP contribution in [-0.2, 0) is 10.0 Å². The van der Waals surface area contributed by atoms with Gasteiger partial charge in [0.1, 0.15) is 10.7 Å². The van der Waals surface area contributed by atoms with Gasteiger partial charge in [-0.2, -0.15) is 4.31 Å². The van der Waals surface area contributed by atoms with Crippen LogP contribution < -0.4 is 5.32 Å². The number of amides is 1. The number of carbonyl (C=O) groups is 1. The molecule has 134 valence electrons. The van der Waals surface area contributed by atoms with Gasteiger partial charge in [0, 0.05) is 31.5 Å². The minimum absolute atomic E-state index is 0.00354. The van der Waals surface area contributed by atoms with Crippen LogP contribution in [0.1, 0.15) is 47.7 Å². The van der Waals surface area contributed by atoms with Gasteiger partial charge in [0.15, 0.2) is 5.76 Å². The number of hydrogen-bond acceptors (Lipinski definition) is 5. The van der Waals surface area contributed by atoms with E-state index in [-0.39, 0.29) is 22.5 Å². The lowest BCUT2D eigenvalue weighted by molar-refractivity contribution is 0.0910. The largest absolute Gasteiger partial charge is 0.455 e. The number of rotatable bonds is 5. The van der Waals surface area contributed by atoms with Gasteiger partial charge in [0.2, 0.25) is 10.0 Å². The van der Waals surface area contributed by atoms with Crippen LogP contribution in [0.5, 0.6) is 0 Å². The molecule has 8 heteroatoms. The van der Waals surface area contributed by atoms with Gasteiger partial charge >= 0.3 is 0 Å². The van der Waals surface area contributed by atoms with Crippen molar-refractivity contribution in [1.82, 2.24) is 14.6 Å². The molecule has 3 heterocycles. The van der Waals surface area contributed by atoms with E-state index < -0.39 is 15.9 Å². The van der Waals surface area contributed by atoms with Gasteiger partial charge in [-0.25, -0.2) is 8.42 Å². The highest BCUT2D eigenvalue weighted by molar-refractivity contribution is 7.89. The summed E-state index contributed by atoms with van der Waals surface area (Å²) in [5.41, 5.74) is 0.900. The van der Waals surface area contributed by atoms with Crippen LogP contribution in [0.2, 0.25) is 0 Å². The van der Waals surface area contributed by atoms with Crippen LogP contribution >= 0.6 is 0 Å². The van der Waals surface area contributed by atoms with Gasteiger partial charge < -0.3 is 9.73 Å². The second-order valence-electron chi connectivity index (χ2n) is 6.12. The van der Waals surface area contributed by atoms with Gasteiger partial charge in [0.05, 0.1) is 6.04 Å². The molecule has 1 amide bonds. The summed E-state index contributed by atoms with van der Waals surface area (Å²) >= 11 is 0. The Balaban J connectivity index is 1.79. The number of aryl methyl sites for hydroxylation is 1. The number of hydrogen-bond donors (Lipinski definition) is 1. The third kappa shape index (κ3) is 3.59. The van der Waals surface area contributed by atoms with E-state index in [0.29, 0.717) is 13.1 Å². The average Bonchev–Trinajstić information content (AvgIpc) is 3.25. The third-order valence-corrected chi connectivity index (χ3v) is 6.34. The topological polar surface area (TPSA) is 92.5 Å².